The largest absolute Gasteiger partial charge is 0.480 e. The first-order chi connectivity index (χ1) is 8.32. The molecular formula is C13H15NO4. The van der Waals surface area contributed by atoms with Gasteiger partial charge in [0, 0.05) is 12.5 Å². The minimum atomic E-state index is -1.22. The van der Waals surface area contributed by atoms with Crippen LogP contribution in [-0.4, -0.2) is 34.3 Å². The number of carbonyl (C=O) groups is 3. The highest BCUT2D eigenvalue weighted by Gasteiger charge is 2.22. The van der Waals surface area contributed by atoms with Crippen molar-refractivity contribution in [1.29, 1.82) is 0 Å². The maximum Gasteiger partial charge on any atom is 0.323 e. The molecule has 0 aliphatic rings. The van der Waals surface area contributed by atoms with Crippen LogP contribution < -0.4 is 0 Å². The van der Waals surface area contributed by atoms with Crippen molar-refractivity contribution in [3.05, 3.63) is 34.9 Å². The Hall–Kier alpha value is -2.17. The summed E-state index contributed by atoms with van der Waals surface area (Å²) >= 11 is 0. The van der Waals surface area contributed by atoms with E-state index in [1.807, 2.05) is 13.8 Å². The van der Waals surface area contributed by atoms with Gasteiger partial charge < -0.3 is 5.11 Å². The molecule has 0 saturated carbocycles. The van der Waals surface area contributed by atoms with Crippen LogP contribution in [0.3, 0.4) is 0 Å². The average Bonchev–Trinajstić information content (AvgIpc) is 2.28. The van der Waals surface area contributed by atoms with Crippen LogP contribution in [0.15, 0.2) is 18.2 Å². The first-order valence-electron chi connectivity index (χ1n) is 5.44. The molecule has 5 nitrogen and oxygen atoms in total. The minimum Gasteiger partial charge on any atom is -0.480 e. The maximum absolute atomic E-state index is 12.0. The Bertz CT molecular complexity index is 508. The Morgan fingerprint density at radius 3 is 2.22 bits per heavy atom. The molecule has 0 heterocycles. The van der Waals surface area contributed by atoms with E-state index >= 15 is 0 Å². The van der Waals surface area contributed by atoms with Crippen LogP contribution >= 0.6 is 0 Å². The van der Waals surface area contributed by atoms with Gasteiger partial charge >= 0.3 is 5.97 Å². The van der Waals surface area contributed by atoms with E-state index in [1.165, 1.54) is 6.92 Å². The molecule has 0 radical (unpaired) electrons. The summed E-state index contributed by atoms with van der Waals surface area (Å²) in [5.41, 5.74) is 2.26. The molecule has 1 aromatic carbocycles. The Morgan fingerprint density at radius 1 is 1.17 bits per heavy atom. The summed E-state index contributed by atoms with van der Waals surface area (Å²) in [5, 5.41) is 8.68. The standard InChI is InChI=1S/C13H15NO4/c1-8-4-5-11(6-9(8)2)13(18)14(10(3)15)7-12(16)17/h4-6H,7H2,1-3H3,(H,16,17). The second kappa shape index (κ2) is 5.44. The Labute approximate surface area is 105 Å². The predicted octanol–water partition coefficient (Wildman–Crippen LogP) is 1.38. The Kier molecular flexibility index (Phi) is 4.20. The van der Waals surface area contributed by atoms with Crippen LogP contribution in [0.1, 0.15) is 28.4 Å². The fourth-order valence-corrected chi connectivity index (χ4v) is 1.49. The molecule has 0 aliphatic carbocycles. The number of nitrogens with zero attached hydrogens (tertiary/aromatic N) is 1. The topological polar surface area (TPSA) is 74.7 Å². The molecule has 0 fully saturated rings. The summed E-state index contributed by atoms with van der Waals surface area (Å²) in [7, 11) is 0. The number of hydrogen-bond acceptors (Lipinski definition) is 3. The fourth-order valence-electron chi connectivity index (χ4n) is 1.49. The number of rotatable bonds is 3. The number of aliphatic carboxylic acids is 1. The molecule has 0 saturated heterocycles. The van der Waals surface area contributed by atoms with Gasteiger partial charge in [-0.05, 0) is 37.1 Å². The molecule has 0 bridgehead atoms. The Morgan fingerprint density at radius 2 is 1.78 bits per heavy atom. The van der Waals surface area contributed by atoms with Gasteiger partial charge in [-0.15, -0.1) is 0 Å². The number of imide groups is 1. The van der Waals surface area contributed by atoms with Gasteiger partial charge in [-0.3, -0.25) is 19.3 Å². The zero-order valence-electron chi connectivity index (χ0n) is 10.6. The number of aryl methyl sites for hydroxylation is 2. The van der Waals surface area contributed by atoms with E-state index in [4.69, 9.17) is 5.11 Å². The van der Waals surface area contributed by atoms with Crippen LogP contribution in [0.2, 0.25) is 0 Å². The normalized spacial score (nSPS) is 9.94. The van der Waals surface area contributed by atoms with Gasteiger partial charge in [0.05, 0.1) is 0 Å². The van der Waals surface area contributed by atoms with Crippen LogP contribution in [-0.2, 0) is 9.59 Å². The lowest BCUT2D eigenvalue weighted by atomic mass is 10.1. The lowest BCUT2D eigenvalue weighted by molar-refractivity contribution is -0.142. The van der Waals surface area contributed by atoms with Crippen LogP contribution in [0.25, 0.3) is 0 Å². The number of hydrogen-bond donors (Lipinski definition) is 1. The molecule has 2 amide bonds. The zero-order chi connectivity index (χ0) is 13.9. The minimum absolute atomic E-state index is 0.314. The highest BCUT2D eigenvalue weighted by atomic mass is 16.4. The molecule has 0 unspecified atom stereocenters. The molecular weight excluding hydrogens is 234 g/mol. The molecule has 0 atom stereocenters. The van der Waals surface area contributed by atoms with E-state index in [0.717, 1.165) is 11.1 Å². The first-order valence-corrected chi connectivity index (χ1v) is 5.44. The lowest BCUT2D eigenvalue weighted by Gasteiger charge is -2.17. The number of carbonyl (C=O) groups excluding carboxylic acids is 2. The zero-order valence-corrected chi connectivity index (χ0v) is 10.6. The monoisotopic (exact) mass is 249 g/mol. The fraction of sp³-hybridized carbons (Fsp3) is 0.308. The average molecular weight is 249 g/mol. The highest BCUT2D eigenvalue weighted by Crippen LogP contribution is 2.12. The summed E-state index contributed by atoms with van der Waals surface area (Å²) in [6.45, 7) is 4.30. The number of carboxylic acid groups (broad SMARTS) is 1. The lowest BCUT2D eigenvalue weighted by Crippen LogP contribution is -2.39. The quantitative estimate of drug-likeness (QED) is 0.878. The second-order valence-corrected chi connectivity index (χ2v) is 4.10. The smallest absolute Gasteiger partial charge is 0.323 e. The molecule has 5 heteroatoms. The van der Waals surface area contributed by atoms with Gasteiger partial charge in [0.1, 0.15) is 6.54 Å². The van der Waals surface area contributed by atoms with Crippen molar-refractivity contribution in [2.75, 3.05) is 6.54 Å². The van der Waals surface area contributed by atoms with Gasteiger partial charge in [-0.25, -0.2) is 0 Å². The molecule has 1 aromatic rings. The third-order valence-corrected chi connectivity index (χ3v) is 2.67. The highest BCUT2D eigenvalue weighted by molar-refractivity contribution is 6.05. The van der Waals surface area contributed by atoms with E-state index < -0.39 is 24.3 Å². The molecule has 18 heavy (non-hydrogen) atoms. The van der Waals surface area contributed by atoms with Crippen molar-refractivity contribution in [2.24, 2.45) is 0 Å². The first kappa shape index (κ1) is 13.9. The number of amides is 2. The van der Waals surface area contributed by atoms with Crippen molar-refractivity contribution in [2.45, 2.75) is 20.8 Å². The van der Waals surface area contributed by atoms with E-state index in [-0.39, 0.29) is 0 Å². The molecule has 0 spiro atoms. The van der Waals surface area contributed by atoms with Gasteiger partial charge in [-0.2, -0.15) is 0 Å². The van der Waals surface area contributed by atoms with E-state index in [0.29, 0.717) is 10.5 Å². The van der Waals surface area contributed by atoms with E-state index in [1.54, 1.807) is 18.2 Å². The third-order valence-electron chi connectivity index (χ3n) is 2.67. The summed E-state index contributed by atoms with van der Waals surface area (Å²) in [6, 6.07) is 5.00. The molecule has 1 N–H and O–H groups in total. The maximum atomic E-state index is 12.0. The van der Waals surface area contributed by atoms with Crippen molar-refractivity contribution in [3.63, 3.8) is 0 Å². The summed E-state index contributed by atoms with van der Waals surface area (Å²) in [6.07, 6.45) is 0. The second-order valence-electron chi connectivity index (χ2n) is 4.10. The van der Waals surface area contributed by atoms with E-state index in [9.17, 15) is 14.4 Å². The third kappa shape index (κ3) is 3.16. The number of carboxylic acids is 1. The molecule has 1 rings (SSSR count). The predicted molar refractivity (Wildman–Crippen MR) is 65.3 cm³/mol. The number of benzene rings is 1. The van der Waals surface area contributed by atoms with Gasteiger partial charge in [0.2, 0.25) is 5.91 Å². The van der Waals surface area contributed by atoms with E-state index in [2.05, 4.69) is 0 Å². The van der Waals surface area contributed by atoms with Crippen molar-refractivity contribution < 1.29 is 19.5 Å². The summed E-state index contributed by atoms with van der Waals surface area (Å²) in [4.78, 5) is 34.7. The Balaban J connectivity index is 3.05. The van der Waals surface area contributed by atoms with Crippen molar-refractivity contribution in [3.8, 4) is 0 Å². The van der Waals surface area contributed by atoms with Gasteiger partial charge in [0.25, 0.3) is 5.91 Å². The van der Waals surface area contributed by atoms with Gasteiger partial charge in [-0.1, -0.05) is 6.07 Å². The van der Waals surface area contributed by atoms with Crippen molar-refractivity contribution >= 4 is 17.8 Å². The van der Waals surface area contributed by atoms with Crippen LogP contribution in [0, 0.1) is 13.8 Å². The van der Waals surface area contributed by atoms with Crippen molar-refractivity contribution in [1.82, 2.24) is 4.90 Å². The van der Waals surface area contributed by atoms with Gasteiger partial charge in [0.15, 0.2) is 0 Å². The molecule has 0 aliphatic heterocycles. The SMILES string of the molecule is CC(=O)N(CC(=O)O)C(=O)c1ccc(C)c(C)c1. The summed E-state index contributed by atoms with van der Waals surface area (Å²) < 4.78 is 0. The van der Waals surface area contributed by atoms with Crippen LogP contribution in [0.5, 0.6) is 0 Å². The van der Waals surface area contributed by atoms with Crippen LogP contribution in [0.4, 0.5) is 0 Å². The molecule has 0 aromatic heterocycles. The summed E-state index contributed by atoms with van der Waals surface area (Å²) in [5.74, 6) is -2.39. The molecule has 96 valence electrons.